The van der Waals surface area contributed by atoms with Crippen LogP contribution in [0.15, 0.2) is 60.4 Å². The van der Waals surface area contributed by atoms with Gasteiger partial charge in [-0.1, -0.05) is 55.5 Å². The number of hydrogen-bond acceptors (Lipinski definition) is 2. The molecule has 1 unspecified atom stereocenters. The highest BCUT2D eigenvalue weighted by Gasteiger charge is 2.26. The molecule has 0 radical (unpaired) electrons. The van der Waals surface area contributed by atoms with Gasteiger partial charge < -0.3 is 9.84 Å². The molecule has 2 nitrogen and oxygen atoms in total. The second-order valence-electron chi connectivity index (χ2n) is 6.13. The minimum absolute atomic E-state index is 0.0428. The summed E-state index contributed by atoms with van der Waals surface area (Å²) in [5.74, 6) is 1.32. The van der Waals surface area contributed by atoms with Crippen molar-refractivity contribution in [1.82, 2.24) is 0 Å². The predicted molar refractivity (Wildman–Crippen MR) is 93.1 cm³/mol. The van der Waals surface area contributed by atoms with Crippen LogP contribution in [0.3, 0.4) is 0 Å². The zero-order valence-corrected chi connectivity index (χ0v) is 13.3. The third kappa shape index (κ3) is 2.30. The third-order valence-electron chi connectivity index (χ3n) is 4.82. The van der Waals surface area contributed by atoms with E-state index in [9.17, 15) is 0 Å². The molecule has 2 heteroatoms. The Balaban J connectivity index is 1.75. The molecule has 0 amide bonds. The summed E-state index contributed by atoms with van der Waals surface area (Å²) in [5.41, 5.74) is 7.95. The summed E-state index contributed by atoms with van der Waals surface area (Å²) in [4.78, 5) is 0. The maximum absolute atomic E-state index is 8.97. The van der Waals surface area contributed by atoms with E-state index in [1.165, 1.54) is 33.4 Å². The van der Waals surface area contributed by atoms with Crippen LogP contribution in [0.25, 0.3) is 16.7 Å². The van der Waals surface area contributed by atoms with Crippen LogP contribution in [0.4, 0.5) is 0 Å². The van der Waals surface area contributed by atoms with E-state index < -0.39 is 0 Å². The molecule has 0 saturated carbocycles. The number of benzene rings is 2. The summed E-state index contributed by atoms with van der Waals surface area (Å²) in [6, 6.07) is 15.4. The Labute approximate surface area is 136 Å². The standard InChI is InChI=1S/C21H20O2/c1-14-16-5-2-3-6-18(16)19-10-9-15(13-20(14)19)17-7-4-8-21(17)23-12-11-22/h2-6,8-10,13-14,22H,7,11-12H2,1H3. The van der Waals surface area contributed by atoms with Crippen LogP contribution < -0.4 is 0 Å². The van der Waals surface area contributed by atoms with Gasteiger partial charge in [-0.25, -0.2) is 0 Å². The Hall–Kier alpha value is -2.32. The van der Waals surface area contributed by atoms with Crippen molar-refractivity contribution in [2.24, 2.45) is 0 Å². The highest BCUT2D eigenvalue weighted by atomic mass is 16.5. The first-order chi connectivity index (χ1) is 11.3. The first kappa shape index (κ1) is 14.3. The quantitative estimate of drug-likeness (QED) is 0.901. The SMILES string of the molecule is CC1c2ccccc2-c2ccc(C3=C(OCCO)C=CC3)cc21. The van der Waals surface area contributed by atoms with E-state index in [0.717, 1.165) is 12.2 Å². The lowest BCUT2D eigenvalue weighted by Gasteiger charge is -2.12. The maximum atomic E-state index is 8.97. The van der Waals surface area contributed by atoms with Crippen molar-refractivity contribution in [2.75, 3.05) is 13.2 Å². The molecule has 23 heavy (non-hydrogen) atoms. The molecule has 4 rings (SSSR count). The van der Waals surface area contributed by atoms with E-state index in [0.29, 0.717) is 12.5 Å². The van der Waals surface area contributed by atoms with Crippen LogP contribution in [0.5, 0.6) is 0 Å². The summed E-state index contributed by atoms with van der Waals surface area (Å²) in [7, 11) is 0. The molecule has 1 N–H and O–H groups in total. The lowest BCUT2D eigenvalue weighted by Crippen LogP contribution is -1.99. The van der Waals surface area contributed by atoms with Gasteiger partial charge in [0.2, 0.25) is 0 Å². The van der Waals surface area contributed by atoms with Crippen molar-refractivity contribution in [3.8, 4) is 11.1 Å². The van der Waals surface area contributed by atoms with Crippen molar-refractivity contribution < 1.29 is 9.84 Å². The number of fused-ring (bicyclic) bond motifs is 3. The van der Waals surface area contributed by atoms with Crippen molar-refractivity contribution in [3.63, 3.8) is 0 Å². The molecule has 0 heterocycles. The molecule has 0 saturated heterocycles. The van der Waals surface area contributed by atoms with E-state index in [1.807, 2.05) is 6.08 Å². The van der Waals surface area contributed by atoms with Gasteiger partial charge in [-0.2, -0.15) is 0 Å². The molecule has 2 aliphatic carbocycles. The number of aliphatic hydroxyl groups is 1. The average molecular weight is 304 g/mol. The van der Waals surface area contributed by atoms with Crippen molar-refractivity contribution in [3.05, 3.63) is 77.1 Å². The van der Waals surface area contributed by atoms with Gasteiger partial charge in [0.15, 0.2) is 0 Å². The van der Waals surface area contributed by atoms with Crippen molar-refractivity contribution in [2.45, 2.75) is 19.3 Å². The highest BCUT2D eigenvalue weighted by molar-refractivity contribution is 5.82. The molecule has 2 aromatic rings. The summed E-state index contributed by atoms with van der Waals surface area (Å²) < 4.78 is 5.67. The van der Waals surface area contributed by atoms with E-state index in [1.54, 1.807) is 0 Å². The van der Waals surface area contributed by atoms with Gasteiger partial charge in [0.25, 0.3) is 0 Å². The van der Waals surface area contributed by atoms with Gasteiger partial charge in [-0.15, -0.1) is 0 Å². The number of hydrogen-bond donors (Lipinski definition) is 1. The van der Waals surface area contributed by atoms with Gasteiger partial charge in [-0.3, -0.25) is 0 Å². The first-order valence-electron chi connectivity index (χ1n) is 8.16. The molecule has 0 bridgehead atoms. The van der Waals surface area contributed by atoms with Crippen molar-refractivity contribution >= 4 is 5.57 Å². The fourth-order valence-electron chi connectivity index (χ4n) is 3.68. The zero-order valence-electron chi connectivity index (χ0n) is 13.3. The molecule has 2 aliphatic rings. The Morgan fingerprint density at radius 1 is 1.09 bits per heavy atom. The Morgan fingerprint density at radius 3 is 2.78 bits per heavy atom. The number of ether oxygens (including phenoxy) is 1. The second kappa shape index (κ2) is 5.71. The summed E-state index contributed by atoms with van der Waals surface area (Å²) >= 11 is 0. The molecule has 0 aromatic heterocycles. The van der Waals surface area contributed by atoms with Crippen LogP contribution >= 0.6 is 0 Å². The first-order valence-corrected chi connectivity index (χ1v) is 8.16. The van der Waals surface area contributed by atoms with E-state index in [-0.39, 0.29) is 6.61 Å². The van der Waals surface area contributed by atoms with E-state index in [2.05, 4.69) is 55.5 Å². The van der Waals surface area contributed by atoms with E-state index in [4.69, 9.17) is 9.84 Å². The lowest BCUT2D eigenvalue weighted by molar-refractivity contribution is 0.153. The normalized spacial score (nSPS) is 18.3. The number of aliphatic hydroxyl groups excluding tert-OH is 1. The smallest absolute Gasteiger partial charge is 0.123 e. The summed E-state index contributed by atoms with van der Waals surface area (Å²) in [5, 5.41) is 8.97. The molecule has 116 valence electrons. The van der Waals surface area contributed by atoms with Crippen LogP contribution in [-0.2, 0) is 4.74 Å². The predicted octanol–water partition coefficient (Wildman–Crippen LogP) is 4.50. The zero-order chi connectivity index (χ0) is 15.8. The van der Waals surface area contributed by atoms with Gasteiger partial charge in [0, 0.05) is 11.5 Å². The van der Waals surface area contributed by atoms with Crippen LogP contribution in [0.2, 0.25) is 0 Å². The molecular weight excluding hydrogens is 284 g/mol. The molecule has 1 atom stereocenters. The van der Waals surface area contributed by atoms with Crippen molar-refractivity contribution in [1.29, 1.82) is 0 Å². The molecule has 0 fully saturated rings. The molecule has 0 spiro atoms. The number of rotatable bonds is 4. The Kier molecular flexibility index (Phi) is 3.55. The highest BCUT2D eigenvalue weighted by Crippen LogP contribution is 2.45. The van der Waals surface area contributed by atoms with Crippen LogP contribution in [0.1, 0.15) is 36.0 Å². The molecular formula is C21H20O2. The fourth-order valence-corrected chi connectivity index (χ4v) is 3.68. The number of allylic oxidation sites excluding steroid dienone is 3. The lowest BCUT2D eigenvalue weighted by atomic mass is 9.95. The summed E-state index contributed by atoms with van der Waals surface area (Å²) in [6.45, 7) is 2.66. The topological polar surface area (TPSA) is 29.5 Å². The van der Waals surface area contributed by atoms with Crippen LogP contribution in [0, 0.1) is 0 Å². The average Bonchev–Trinajstić information content (AvgIpc) is 3.17. The molecule has 2 aromatic carbocycles. The minimum Gasteiger partial charge on any atom is -0.491 e. The monoisotopic (exact) mass is 304 g/mol. The third-order valence-corrected chi connectivity index (χ3v) is 4.82. The fraction of sp³-hybridized carbons (Fsp3) is 0.238. The minimum atomic E-state index is 0.0428. The Morgan fingerprint density at radius 2 is 1.91 bits per heavy atom. The van der Waals surface area contributed by atoms with E-state index >= 15 is 0 Å². The Bertz CT molecular complexity index is 814. The van der Waals surface area contributed by atoms with Gasteiger partial charge >= 0.3 is 0 Å². The van der Waals surface area contributed by atoms with Gasteiger partial charge in [0.1, 0.15) is 12.4 Å². The summed E-state index contributed by atoms with van der Waals surface area (Å²) in [6.07, 6.45) is 5.02. The van der Waals surface area contributed by atoms with Gasteiger partial charge in [0.05, 0.1) is 6.61 Å². The molecule has 0 aliphatic heterocycles. The largest absolute Gasteiger partial charge is 0.491 e. The van der Waals surface area contributed by atoms with Gasteiger partial charge in [-0.05, 0) is 40.3 Å². The second-order valence-corrected chi connectivity index (χ2v) is 6.13. The maximum Gasteiger partial charge on any atom is 0.123 e. The van der Waals surface area contributed by atoms with Crippen LogP contribution in [-0.4, -0.2) is 18.3 Å².